The molecule has 21 heavy (non-hydrogen) atoms. The van der Waals surface area contributed by atoms with E-state index in [1.54, 1.807) is 12.1 Å². The molecule has 0 spiro atoms. The van der Waals surface area contributed by atoms with Crippen molar-refractivity contribution >= 4 is 11.4 Å². The number of ketones is 1. The third-order valence-corrected chi connectivity index (χ3v) is 4.31. The maximum atomic E-state index is 13.2. The number of benzene rings is 2. The Morgan fingerprint density at radius 2 is 1.57 bits per heavy atom. The molecule has 0 aromatic heterocycles. The summed E-state index contributed by atoms with van der Waals surface area (Å²) in [5, 5.41) is 0. The molecule has 0 fully saturated rings. The van der Waals surface area contributed by atoms with Crippen LogP contribution in [0.3, 0.4) is 0 Å². The number of rotatable bonds is 2. The van der Waals surface area contributed by atoms with Crippen LogP contribution in [0.4, 0.5) is 4.39 Å². The van der Waals surface area contributed by atoms with Gasteiger partial charge in [-0.1, -0.05) is 49.4 Å². The molecule has 0 heterocycles. The molecule has 0 N–H and O–H groups in total. The van der Waals surface area contributed by atoms with E-state index in [0.29, 0.717) is 0 Å². The minimum Gasteiger partial charge on any atom is -0.294 e. The number of carbonyl (C=O) groups is 1. The van der Waals surface area contributed by atoms with E-state index in [2.05, 4.69) is 12.1 Å². The topological polar surface area (TPSA) is 17.1 Å². The van der Waals surface area contributed by atoms with Crippen LogP contribution in [0.1, 0.15) is 30.9 Å². The third-order valence-electron chi connectivity index (χ3n) is 4.31. The van der Waals surface area contributed by atoms with Crippen molar-refractivity contribution in [2.45, 2.75) is 19.8 Å². The Bertz CT molecular complexity index is 698. The van der Waals surface area contributed by atoms with Gasteiger partial charge < -0.3 is 0 Å². The highest BCUT2D eigenvalue weighted by Gasteiger charge is 2.38. The monoisotopic (exact) mass is 280 g/mol. The van der Waals surface area contributed by atoms with Crippen molar-refractivity contribution in [1.82, 2.24) is 0 Å². The molecule has 0 amide bonds. The van der Waals surface area contributed by atoms with Crippen LogP contribution in [0, 0.1) is 11.7 Å². The van der Waals surface area contributed by atoms with Gasteiger partial charge in [-0.25, -0.2) is 4.39 Å². The molecule has 0 bridgehead atoms. The highest BCUT2D eigenvalue weighted by Crippen LogP contribution is 2.46. The van der Waals surface area contributed by atoms with Gasteiger partial charge in [0.25, 0.3) is 0 Å². The summed E-state index contributed by atoms with van der Waals surface area (Å²) in [6, 6.07) is 16.5. The molecule has 0 saturated carbocycles. The van der Waals surface area contributed by atoms with E-state index in [0.717, 1.165) is 22.3 Å². The molecule has 1 aliphatic carbocycles. The molecular formula is C19H17FO. The molecule has 0 aliphatic heterocycles. The number of carbonyl (C=O) groups excluding carboxylic acids is 1. The zero-order valence-electron chi connectivity index (χ0n) is 12.1. The first-order chi connectivity index (χ1) is 10.1. The zero-order chi connectivity index (χ0) is 15.0. The van der Waals surface area contributed by atoms with E-state index < -0.39 is 0 Å². The summed E-state index contributed by atoms with van der Waals surface area (Å²) in [4.78, 5) is 12.4. The second-order valence-electron chi connectivity index (χ2n) is 5.59. The van der Waals surface area contributed by atoms with Crippen LogP contribution < -0.4 is 0 Å². The summed E-state index contributed by atoms with van der Waals surface area (Å²) in [6.45, 7) is 3.85. The second-order valence-corrected chi connectivity index (χ2v) is 5.59. The lowest BCUT2D eigenvalue weighted by Crippen LogP contribution is -2.12. The fraction of sp³-hybridized carbons (Fsp3) is 0.211. The van der Waals surface area contributed by atoms with Crippen molar-refractivity contribution in [3.63, 3.8) is 0 Å². The highest BCUT2D eigenvalue weighted by atomic mass is 19.1. The summed E-state index contributed by atoms with van der Waals surface area (Å²) < 4.78 is 13.2. The molecular weight excluding hydrogens is 263 g/mol. The predicted octanol–water partition coefficient (Wildman–Crippen LogP) is 4.60. The van der Waals surface area contributed by atoms with Gasteiger partial charge in [0, 0.05) is 11.8 Å². The van der Waals surface area contributed by atoms with E-state index in [4.69, 9.17) is 0 Å². The Kier molecular flexibility index (Phi) is 3.46. The third kappa shape index (κ3) is 2.31. The number of hydrogen-bond donors (Lipinski definition) is 0. The molecule has 2 aromatic carbocycles. The number of Topliss-reactive ketones (excluding diaryl/α,β-unsaturated/α-hetero) is 1. The van der Waals surface area contributed by atoms with Crippen molar-refractivity contribution in [3.05, 3.63) is 77.1 Å². The van der Waals surface area contributed by atoms with Crippen LogP contribution in [0.2, 0.25) is 0 Å². The molecule has 2 unspecified atom stereocenters. The summed E-state index contributed by atoms with van der Waals surface area (Å²) in [6.07, 6.45) is 0. The molecule has 1 nitrogen and oxygen atoms in total. The van der Waals surface area contributed by atoms with E-state index in [1.165, 1.54) is 12.1 Å². The van der Waals surface area contributed by atoms with E-state index in [9.17, 15) is 9.18 Å². The van der Waals surface area contributed by atoms with Gasteiger partial charge in [-0.3, -0.25) is 4.79 Å². The SMILES string of the molecule is CC1=C(c2ccc(F)cc2)C(c2ccccc2)C(C)C1=O. The van der Waals surface area contributed by atoms with Gasteiger partial charge in [0.05, 0.1) is 0 Å². The molecule has 2 aromatic rings. The lowest BCUT2D eigenvalue weighted by atomic mass is 9.83. The highest BCUT2D eigenvalue weighted by molar-refractivity contribution is 6.10. The molecule has 0 radical (unpaired) electrons. The largest absolute Gasteiger partial charge is 0.294 e. The van der Waals surface area contributed by atoms with Crippen molar-refractivity contribution < 1.29 is 9.18 Å². The predicted molar refractivity (Wildman–Crippen MR) is 82.3 cm³/mol. The first-order valence-electron chi connectivity index (χ1n) is 7.15. The smallest absolute Gasteiger partial charge is 0.162 e. The molecule has 2 atom stereocenters. The minimum absolute atomic E-state index is 0.0455. The molecule has 1 aliphatic rings. The average molecular weight is 280 g/mol. The fourth-order valence-electron chi connectivity index (χ4n) is 3.25. The maximum absolute atomic E-state index is 13.2. The number of allylic oxidation sites excluding steroid dienone is 2. The van der Waals surface area contributed by atoms with Crippen LogP contribution in [0.25, 0.3) is 5.57 Å². The lowest BCUT2D eigenvalue weighted by molar-refractivity contribution is -0.118. The Hall–Kier alpha value is -2.22. The number of halogens is 1. The van der Waals surface area contributed by atoms with Crippen LogP contribution >= 0.6 is 0 Å². The first kappa shape index (κ1) is 13.7. The van der Waals surface area contributed by atoms with Gasteiger partial charge in [0.15, 0.2) is 5.78 Å². The normalized spacial score (nSPS) is 22.0. The maximum Gasteiger partial charge on any atom is 0.162 e. The van der Waals surface area contributed by atoms with Crippen molar-refractivity contribution in [3.8, 4) is 0 Å². The van der Waals surface area contributed by atoms with Crippen LogP contribution in [0.5, 0.6) is 0 Å². The summed E-state index contributed by atoms with van der Waals surface area (Å²) >= 11 is 0. The van der Waals surface area contributed by atoms with Gasteiger partial charge in [-0.2, -0.15) is 0 Å². The summed E-state index contributed by atoms with van der Waals surface area (Å²) in [5.41, 5.74) is 3.89. The molecule has 0 saturated heterocycles. The standard InChI is InChI=1S/C19H17FO/c1-12-17(14-6-4-3-5-7-14)18(13(2)19(12)21)15-8-10-16(20)11-9-15/h3-12,17H,1-2H3. The van der Waals surface area contributed by atoms with Gasteiger partial charge in [-0.15, -0.1) is 0 Å². The second kappa shape index (κ2) is 5.28. The van der Waals surface area contributed by atoms with Gasteiger partial charge in [0.1, 0.15) is 5.82 Å². The van der Waals surface area contributed by atoms with Crippen molar-refractivity contribution in [2.24, 2.45) is 5.92 Å². The molecule has 3 rings (SSSR count). The van der Waals surface area contributed by atoms with Crippen molar-refractivity contribution in [1.29, 1.82) is 0 Å². The summed E-state index contributed by atoms with van der Waals surface area (Å²) in [7, 11) is 0. The lowest BCUT2D eigenvalue weighted by Gasteiger charge is -2.20. The van der Waals surface area contributed by atoms with Gasteiger partial charge >= 0.3 is 0 Å². The van der Waals surface area contributed by atoms with Crippen LogP contribution in [-0.2, 0) is 4.79 Å². The van der Waals surface area contributed by atoms with E-state index in [-0.39, 0.29) is 23.4 Å². The average Bonchev–Trinajstić information content (AvgIpc) is 2.73. The summed E-state index contributed by atoms with van der Waals surface area (Å²) in [5.74, 6) is -0.106. The Morgan fingerprint density at radius 3 is 2.19 bits per heavy atom. The Labute approximate surface area is 124 Å². The first-order valence-corrected chi connectivity index (χ1v) is 7.15. The fourth-order valence-corrected chi connectivity index (χ4v) is 3.25. The van der Waals surface area contributed by atoms with E-state index >= 15 is 0 Å². The zero-order valence-corrected chi connectivity index (χ0v) is 12.1. The molecule has 2 heteroatoms. The number of hydrogen-bond acceptors (Lipinski definition) is 1. The van der Waals surface area contributed by atoms with Gasteiger partial charge in [-0.05, 0) is 41.3 Å². The van der Waals surface area contributed by atoms with Crippen molar-refractivity contribution in [2.75, 3.05) is 0 Å². The quantitative estimate of drug-likeness (QED) is 0.785. The van der Waals surface area contributed by atoms with Gasteiger partial charge in [0.2, 0.25) is 0 Å². The molecule has 106 valence electrons. The minimum atomic E-state index is -0.259. The van der Waals surface area contributed by atoms with Crippen LogP contribution in [0.15, 0.2) is 60.2 Å². The Morgan fingerprint density at radius 1 is 0.952 bits per heavy atom. The van der Waals surface area contributed by atoms with Crippen LogP contribution in [-0.4, -0.2) is 5.78 Å². The Balaban J connectivity index is 2.14. The van der Waals surface area contributed by atoms with E-state index in [1.807, 2.05) is 32.0 Å².